The zero-order valence-corrected chi connectivity index (χ0v) is 34.0. The number of aliphatic hydroxyl groups is 2. The highest BCUT2D eigenvalue weighted by molar-refractivity contribution is 8.00. The normalized spacial score (nSPS) is 23.4. The van der Waals surface area contributed by atoms with Crippen LogP contribution >= 0.6 is 11.8 Å². The maximum absolute atomic E-state index is 11.6. The molecule has 0 bridgehead atoms. The monoisotopic (exact) mass is 835 g/mol. The highest BCUT2D eigenvalue weighted by atomic mass is 32.2. The number of ether oxygens (including phenoxy) is 3. The Balaban J connectivity index is 1.38. The van der Waals surface area contributed by atoms with Crippen LogP contribution in [0.4, 0.5) is 11.4 Å². The van der Waals surface area contributed by atoms with E-state index in [1.807, 2.05) is 30.3 Å². The molecule has 1 saturated carbocycles. The molecule has 2 N–H and O–H groups in total. The van der Waals surface area contributed by atoms with Crippen molar-refractivity contribution in [2.75, 3.05) is 19.8 Å². The molecule has 0 aromatic heterocycles. The summed E-state index contributed by atoms with van der Waals surface area (Å²) >= 11 is 1.65. The van der Waals surface area contributed by atoms with E-state index in [1.54, 1.807) is 48.2 Å². The Labute approximate surface area is 353 Å². The number of oxime groups is 1. The third kappa shape index (κ3) is 9.42. The standard InChI is InChI=1S/C46H49N3O10S/c1-2-25-56-46-43(60-37-14-4-3-5-15-37)29-41(47-57-30-31-17-19-33(20-18-31)48(52)53)39-26-32(11-6-8-23-50)38(16-7-9-24-51)44(45(39)46)40-28-36(21-22-42(40)59-46)58-35-13-10-12-34(27-35)49(54)55/h2-5,10,12-15,17-22,26-28,32,38,43-45,50-51H,1,6-9,11,16,23-25,29-30H2. The van der Waals surface area contributed by atoms with Crippen molar-refractivity contribution in [2.45, 2.75) is 73.4 Å². The SMILES string of the molecule is C=CCOC12Oc3ccc(Oc4cccc([N+](=O)[O-])c4)cc3C3C(CCCCO)C(CCCCO)C=C(C(=NOCc4ccc([N+](=O)[O-])cc4)CC1Sc1ccccc1)C32. The van der Waals surface area contributed by atoms with Crippen LogP contribution in [0.5, 0.6) is 17.2 Å². The molecule has 60 heavy (non-hydrogen) atoms. The van der Waals surface area contributed by atoms with Crippen molar-refractivity contribution < 1.29 is 39.1 Å². The van der Waals surface area contributed by atoms with E-state index in [1.165, 1.54) is 24.3 Å². The molecule has 3 aliphatic rings. The summed E-state index contributed by atoms with van der Waals surface area (Å²) in [5, 5.41) is 47.2. The summed E-state index contributed by atoms with van der Waals surface area (Å²) < 4.78 is 20.6. The van der Waals surface area contributed by atoms with Crippen LogP contribution in [0.3, 0.4) is 0 Å². The van der Waals surface area contributed by atoms with Crippen LogP contribution in [-0.2, 0) is 16.2 Å². The molecular formula is C46H49N3O10S. The Bertz CT molecular complexity index is 2200. The van der Waals surface area contributed by atoms with Gasteiger partial charge in [-0.1, -0.05) is 54.4 Å². The van der Waals surface area contributed by atoms with Gasteiger partial charge in [0.25, 0.3) is 11.4 Å². The highest BCUT2D eigenvalue weighted by Gasteiger charge is 2.64. The molecule has 7 rings (SSSR count). The molecule has 1 heterocycles. The number of fused-ring (bicyclic) bond motifs is 2. The Morgan fingerprint density at radius 3 is 2.32 bits per heavy atom. The summed E-state index contributed by atoms with van der Waals surface area (Å²) in [6.07, 6.45) is 8.93. The Kier molecular flexibility index (Phi) is 14.0. The molecule has 4 aromatic rings. The summed E-state index contributed by atoms with van der Waals surface area (Å²) in [5.41, 5.74) is 3.23. The lowest BCUT2D eigenvalue weighted by molar-refractivity contribution is -0.385. The van der Waals surface area contributed by atoms with E-state index in [9.17, 15) is 30.4 Å². The van der Waals surface area contributed by atoms with E-state index in [0.717, 1.165) is 53.0 Å². The number of aliphatic hydroxyl groups excluding tert-OH is 2. The quantitative estimate of drug-likeness (QED) is 0.0375. The van der Waals surface area contributed by atoms with Gasteiger partial charge >= 0.3 is 0 Å². The molecule has 2 aliphatic carbocycles. The zero-order valence-electron chi connectivity index (χ0n) is 33.2. The molecule has 0 amide bonds. The van der Waals surface area contributed by atoms with Gasteiger partial charge in [-0.15, -0.1) is 18.3 Å². The van der Waals surface area contributed by atoms with Crippen LogP contribution < -0.4 is 9.47 Å². The molecule has 314 valence electrons. The first-order valence-electron chi connectivity index (χ1n) is 20.3. The number of allylic oxidation sites excluding steroid dienone is 1. The maximum Gasteiger partial charge on any atom is 0.273 e. The average Bonchev–Trinajstić information content (AvgIpc) is 3.25. The van der Waals surface area contributed by atoms with Crippen molar-refractivity contribution in [1.29, 1.82) is 0 Å². The Morgan fingerprint density at radius 1 is 0.867 bits per heavy atom. The minimum atomic E-state index is -1.21. The predicted octanol–water partition coefficient (Wildman–Crippen LogP) is 9.92. The third-order valence-electron chi connectivity index (χ3n) is 11.5. The molecular weight excluding hydrogens is 787 g/mol. The van der Waals surface area contributed by atoms with E-state index in [-0.39, 0.29) is 60.8 Å². The number of nitro benzene ring substituents is 2. The fourth-order valence-corrected chi connectivity index (χ4v) is 10.2. The summed E-state index contributed by atoms with van der Waals surface area (Å²) in [6.45, 7) is 4.47. The highest BCUT2D eigenvalue weighted by Crippen LogP contribution is 2.63. The van der Waals surface area contributed by atoms with E-state index in [2.05, 4.69) is 24.8 Å². The Morgan fingerprint density at radius 2 is 1.60 bits per heavy atom. The summed E-state index contributed by atoms with van der Waals surface area (Å²) in [6, 6.07) is 28.0. The second-order valence-electron chi connectivity index (χ2n) is 15.2. The fourth-order valence-electron chi connectivity index (χ4n) is 8.85. The van der Waals surface area contributed by atoms with E-state index in [0.29, 0.717) is 36.5 Å². The maximum atomic E-state index is 11.6. The number of thioether (sulfide) groups is 1. The van der Waals surface area contributed by atoms with E-state index >= 15 is 0 Å². The number of rotatable bonds is 20. The number of non-ortho nitro benzene ring substituents is 2. The first-order chi connectivity index (χ1) is 29.2. The van der Waals surface area contributed by atoms with Crippen molar-refractivity contribution in [2.24, 2.45) is 22.9 Å². The van der Waals surface area contributed by atoms with Gasteiger partial charge in [-0.05, 0) is 97.2 Å². The smallest absolute Gasteiger partial charge is 0.273 e. The first-order valence-corrected chi connectivity index (χ1v) is 21.2. The van der Waals surface area contributed by atoms with Crippen LogP contribution in [0, 0.1) is 38.0 Å². The molecule has 4 aromatic carbocycles. The number of nitrogens with zero attached hydrogens (tertiary/aromatic N) is 3. The molecule has 6 atom stereocenters. The zero-order chi connectivity index (χ0) is 42.1. The fraction of sp³-hybridized carbons (Fsp3) is 0.370. The van der Waals surface area contributed by atoms with Crippen molar-refractivity contribution in [1.82, 2.24) is 0 Å². The molecule has 6 unspecified atom stereocenters. The topological polar surface area (TPSA) is 176 Å². The van der Waals surface area contributed by atoms with Gasteiger partial charge in [0, 0.05) is 54.2 Å². The van der Waals surface area contributed by atoms with Gasteiger partial charge in [0.1, 0.15) is 23.9 Å². The van der Waals surface area contributed by atoms with E-state index < -0.39 is 21.6 Å². The molecule has 0 spiro atoms. The summed E-state index contributed by atoms with van der Waals surface area (Å²) in [7, 11) is 0. The second-order valence-corrected chi connectivity index (χ2v) is 16.5. The van der Waals surface area contributed by atoms with Gasteiger partial charge in [-0.3, -0.25) is 20.2 Å². The minimum Gasteiger partial charge on any atom is -0.460 e. The van der Waals surface area contributed by atoms with Crippen LogP contribution in [0.15, 0.2) is 131 Å². The van der Waals surface area contributed by atoms with Crippen LogP contribution in [-0.4, -0.2) is 56.6 Å². The molecule has 0 radical (unpaired) electrons. The largest absolute Gasteiger partial charge is 0.460 e. The molecule has 1 fully saturated rings. The molecule has 0 saturated heterocycles. The van der Waals surface area contributed by atoms with Crippen LogP contribution in [0.1, 0.15) is 62.0 Å². The van der Waals surface area contributed by atoms with E-state index in [4.69, 9.17) is 24.2 Å². The molecule has 14 heteroatoms. The lowest BCUT2D eigenvalue weighted by Crippen LogP contribution is -2.64. The van der Waals surface area contributed by atoms with Crippen LogP contribution in [0.2, 0.25) is 0 Å². The number of hydrogen-bond acceptors (Lipinski definition) is 12. The van der Waals surface area contributed by atoms with Gasteiger partial charge < -0.3 is 29.3 Å². The number of nitro groups is 2. The Hall–Kier alpha value is -5.54. The second kappa shape index (κ2) is 19.7. The van der Waals surface area contributed by atoms with Crippen LogP contribution in [0.25, 0.3) is 0 Å². The first kappa shape index (κ1) is 42.6. The number of benzene rings is 4. The van der Waals surface area contributed by atoms with Crippen molar-refractivity contribution in [3.05, 3.63) is 153 Å². The van der Waals surface area contributed by atoms with Crippen molar-refractivity contribution in [3.63, 3.8) is 0 Å². The van der Waals surface area contributed by atoms with Gasteiger partial charge in [0.05, 0.1) is 39.4 Å². The van der Waals surface area contributed by atoms with Gasteiger partial charge in [-0.25, -0.2) is 0 Å². The van der Waals surface area contributed by atoms with Gasteiger partial charge in [0.2, 0.25) is 5.79 Å². The van der Waals surface area contributed by atoms with Gasteiger partial charge in [-0.2, -0.15) is 0 Å². The minimum absolute atomic E-state index is 0.00982. The number of unbranched alkanes of at least 4 members (excludes halogenated alkanes) is 2. The summed E-state index contributed by atoms with van der Waals surface area (Å²) in [4.78, 5) is 29.1. The lowest BCUT2D eigenvalue weighted by atomic mass is 9.56. The van der Waals surface area contributed by atoms with Gasteiger partial charge in [0.15, 0.2) is 0 Å². The van der Waals surface area contributed by atoms with Crippen molar-refractivity contribution in [3.8, 4) is 17.2 Å². The molecule has 13 nitrogen and oxygen atoms in total. The summed E-state index contributed by atoms with van der Waals surface area (Å²) in [5.74, 6) is -0.251. The predicted molar refractivity (Wildman–Crippen MR) is 228 cm³/mol. The van der Waals surface area contributed by atoms with Crippen molar-refractivity contribution >= 4 is 28.8 Å². The number of hydrogen-bond donors (Lipinski definition) is 2. The average molecular weight is 836 g/mol. The third-order valence-corrected chi connectivity index (χ3v) is 12.8. The lowest BCUT2D eigenvalue weighted by Gasteiger charge is -2.58. The molecule has 1 aliphatic heterocycles.